The molecule has 142 valence electrons. The number of sulfonamides is 1. The molecule has 3 rings (SSSR count). The molecule has 27 heavy (non-hydrogen) atoms. The molecule has 1 aliphatic heterocycles. The molecular weight excluding hydrogens is 368 g/mol. The SMILES string of the molecule is CCNS(=O)(=O)c1ccc(C(=O)N2CCc3ccccc3C2C(=O)O)cc1. The van der Waals surface area contributed by atoms with Crippen molar-refractivity contribution in [1.29, 1.82) is 0 Å². The molecule has 0 aliphatic carbocycles. The topological polar surface area (TPSA) is 104 Å². The van der Waals surface area contributed by atoms with Crippen LogP contribution in [-0.4, -0.2) is 43.4 Å². The highest BCUT2D eigenvalue weighted by molar-refractivity contribution is 7.89. The van der Waals surface area contributed by atoms with Crippen molar-refractivity contribution in [2.75, 3.05) is 13.1 Å². The van der Waals surface area contributed by atoms with Gasteiger partial charge in [-0.05, 0) is 41.8 Å². The smallest absolute Gasteiger partial charge is 0.331 e. The van der Waals surface area contributed by atoms with Crippen LogP contribution in [0.1, 0.15) is 34.5 Å². The molecule has 0 radical (unpaired) electrons. The molecule has 2 aromatic carbocycles. The lowest BCUT2D eigenvalue weighted by molar-refractivity contribution is -0.143. The normalized spacial score (nSPS) is 16.6. The minimum absolute atomic E-state index is 0.0553. The van der Waals surface area contributed by atoms with Gasteiger partial charge in [-0.25, -0.2) is 17.9 Å². The number of hydrogen-bond donors (Lipinski definition) is 2. The summed E-state index contributed by atoms with van der Waals surface area (Å²) >= 11 is 0. The average molecular weight is 388 g/mol. The molecule has 7 nitrogen and oxygen atoms in total. The molecule has 2 N–H and O–H groups in total. The molecule has 0 fully saturated rings. The quantitative estimate of drug-likeness (QED) is 0.813. The van der Waals surface area contributed by atoms with Crippen molar-refractivity contribution in [2.45, 2.75) is 24.3 Å². The fraction of sp³-hybridized carbons (Fsp3) is 0.263. The number of hydrogen-bond acceptors (Lipinski definition) is 4. The number of nitrogens with one attached hydrogen (secondary N) is 1. The molecule has 1 aliphatic rings. The van der Waals surface area contributed by atoms with Crippen molar-refractivity contribution < 1.29 is 23.1 Å². The number of benzene rings is 2. The zero-order valence-corrected chi connectivity index (χ0v) is 15.6. The van der Waals surface area contributed by atoms with Crippen LogP contribution in [0.4, 0.5) is 0 Å². The average Bonchev–Trinajstić information content (AvgIpc) is 2.66. The van der Waals surface area contributed by atoms with E-state index < -0.39 is 27.9 Å². The fourth-order valence-electron chi connectivity index (χ4n) is 3.27. The molecule has 0 saturated carbocycles. The molecule has 0 bridgehead atoms. The Balaban J connectivity index is 1.90. The van der Waals surface area contributed by atoms with Gasteiger partial charge in [-0.15, -0.1) is 0 Å². The third-order valence-electron chi connectivity index (χ3n) is 4.52. The third kappa shape index (κ3) is 3.72. The summed E-state index contributed by atoms with van der Waals surface area (Å²) in [6.07, 6.45) is 0.568. The van der Waals surface area contributed by atoms with Crippen LogP contribution in [0.3, 0.4) is 0 Å². The van der Waals surface area contributed by atoms with Gasteiger partial charge in [0.1, 0.15) is 0 Å². The van der Waals surface area contributed by atoms with Gasteiger partial charge in [0.2, 0.25) is 10.0 Å². The first kappa shape index (κ1) is 19.1. The van der Waals surface area contributed by atoms with E-state index in [0.29, 0.717) is 12.0 Å². The number of amides is 1. The molecule has 1 amide bonds. The Labute approximate surface area is 157 Å². The molecule has 1 atom stereocenters. The standard InChI is InChI=1S/C19H20N2O5S/c1-2-20-27(25,26)15-9-7-14(8-10-15)18(22)21-12-11-13-5-3-4-6-16(13)17(21)19(23)24/h3-10,17,20H,2,11-12H2,1H3,(H,23,24). The van der Waals surface area contributed by atoms with E-state index in [1.807, 2.05) is 12.1 Å². The van der Waals surface area contributed by atoms with Gasteiger partial charge in [0.05, 0.1) is 4.90 Å². The monoisotopic (exact) mass is 388 g/mol. The summed E-state index contributed by atoms with van der Waals surface area (Å²) in [4.78, 5) is 26.1. The van der Waals surface area contributed by atoms with Crippen molar-refractivity contribution >= 4 is 21.9 Å². The molecule has 0 aromatic heterocycles. The Morgan fingerprint density at radius 1 is 1.15 bits per heavy atom. The molecular formula is C19H20N2O5S. The first-order chi connectivity index (χ1) is 12.8. The molecule has 0 saturated heterocycles. The number of carbonyl (C=O) groups is 2. The van der Waals surface area contributed by atoms with E-state index in [0.717, 1.165) is 5.56 Å². The lowest BCUT2D eigenvalue weighted by atomic mass is 9.92. The number of carbonyl (C=O) groups excluding carboxylic acids is 1. The van der Waals surface area contributed by atoms with E-state index >= 15 is 0 Å². The first-order valence-corrected chi connectivity index (χ1v) is 10.0. The van der Waals surface area contributed by atoms with E-state index in [2.05, 4.69) is 4.72 Å². The predicted octanol–water partition coefficient (Wildman–Crippen LogP) is 1.81. The zero-order chi connectivity index (χ0) is 19.6. The van der Waals surface area contributed by atoms with Gasteiger partial charge < -0.3 is 10.0 Å². The third-order valence-corrected chi connectivity index (χ3v) is 6.09. The zero-order valence-electron chi connectivity index (χ0n) is 14.8. The Morgan fingerprint density at radius 2 is 1.81 bits per heavy atom. The number of nitrogens with zero attached hydrogens (tertiary/aromatic N) is 1. The lowest BCUT2D eigenvalue weighted by Crippen LogP contribution is -2.43. The van der Waals surface area contributed by atoms with E-state index in [-0.39, 0.29) is 23.5 Å². The van der Waals surface area contributed by atoms with Crippen LogP contribution >= 0.6 is 0 Å². The van der Waals surface area contributed by atoms with Crippen molar-refractivity contribution in [3.63, 3.8) is 0 Å². The highest BCUT2D eigenvalue weighted by atomic mass is 32.2. The summed E-state index contributed by atoms with van der Waals surface area (Å²) in [5, 5.41) is 9.68. The second-order valence-electron chi connectivity index (χ2n) is 6.21. The second kappa shape index (κ2) is 7.50. The van der Waals surface area contributed by atoms with Crippen LogP contribution in [0.25, 0.3) is 0 Å². The molecule has 8 heteroatoms. The van der Waals surface area contributed by atoms with Gasteiger partial charge in [0.15, 0.2) is 6.04 Å². The largest absolute Gasteiger partial charge is 0.479 e. The summed E-state index contributed by atoms with van der Waals surface area (Å²) in [5.74, 6) is -1.54. The molecule has 1 heterocycles. The van der Waals surface area contributed by atoms with E-state index in [9.17, 15) is 23.1 Å². The molecule has 0 spiro atoms. The summed E-state index contributed by atoms with van der Waals surface area (Å²) in [6, 6.07) is 11.6. The Bertz CT molecular complexity index is 970. The van der Waals surface area contributed by atoms with Gasteiger partial charge in [-0.2, -0.15) is 0 Å². The summed E-state index contributed by atoms with van der Waals surface area (Å²) in [7, 11) is -3.61. The first-order valence-electron chi connectivity index (χ1n) is 8.56. The maximum atomic E-state index is 12.9. The highest BCUT2D eigenvalue weighted by Gasteiger charge is 2.36. The number of rotatable bonds is 5. The summed E-state index contributed by atoms with van der Waals surface area (Å²) < 4.78 is 26.4. The van der Waals surface area contributed by atoms with E-state index in [4.69, 9.17) is 0 Å². The lowest BCUT2D eigenvalue weighted by Gasteiger charge is -2.34. The Hall–Kier alpha value is -2.71. The van der Waals surface area contributed by atoms with Crippen LogP contribution in [0.2, 0.25) is 0 Å². The Kier molecular flexibility index (Phi) is 5.29. The van der Waals surface area contributed by atoms with Crippen molar-refractivity contribution in [3.05, 3.63) is 65.2 Å². The van der Waals surface area contributed by atoms with Crippen molar-refractivity contribution in [1.82, 2.24) is 9.62 Å². The number of fused-ring (bicyclic) bond motifs is 1. The van der Waals surface area contributed by atoms with Crippen LogP contribution in [0.5, 0.6) is 0 Å². The van der Waals surface area contributed by atoms with Crippen molar-refractivity contribution in [2.24, 2.45) is 0 Å². The van der Waals surface area contributed by atoms with Crippen molar-refractivity contribution in [3.8, 4) is 0 Å². The number of aliphatic carboxylic acids is 1. The Morgan fingerprint density at radius 3 is 2.44 bits per heavy atom. The minimum Gasteiger partial charge on any atom is -0.479 e. The molecule has 2 aromatic rings. The number of carboxylic acid groups (broad SMARTS) is 1. The van der Waals surface area contributed by atoms with Gasteiger partial charge in [-0.1, -0.05) is 31.2 Å². The van der Waals surface area contributed by atoms with Crippen LogP contribution < -0.4 is 4.72 Å². The molecule has 1 unspecified atom stereocenters. The second-order valence-corrected chi connectivity index (χ2v) is 7.98. The summed E-state index contributed by atoms with van der Waals surface area (Å²) in [5.41, 5.74) is 1.77. The fourth-order valence-corrected chi connectivity index (χ4v) is 4.31. The van der Waals surface area contributed by atoms with Crippen LogP contribution in [-0.2, 0) is 21.2 Å². The van der Waals surface area contributed by atoms with Gasteiger partial charge >= 0.3 is 5.97 Å². The van der Waals surface area contributed by atoms with E-state index in [1.165, 1.54) is 29.2 Å². The van der Waals surface area contributed by atoms with Crippen LogP contribution in [0, 0.1) is 0 Å². The maximum absolute atomic E-state index is 12.9. The van der Waals surface area contributed by atoms with Gasteiger partial charge in [0, 0.05) is 18.7 Å². The summed E-state index contributed by atoms with van der Waals surface area (Å²) in [6.45, 7) is 2.22. The number of carboxylic acids is 1. The van der Waals surface area contributed by atoms with Crippen LogP contribution in [0.15, 0.2) is 53.4 Å². The predicted molar refractivity (Wildman–Crippen MR) is 98.9 cm³/mol. The minimum atomic E-state index is -3.61. The maximum Gasteiger partial charge on any atom is 0.331 e. The highest BCUT2D eigenvalue weighted by Crippen LogP contribution is 2.31. The van der Waals surface area contributed by atoms with Gasteiger partial charge in [-0.3, -0.25) is 4.79 Å². The van der Waals surface area contributed by atoms with E-state index in [1.54, 1.807) is 19.1 Å². The van der Waals surface area contributed by atoms with Gasteiger partial charge in [0.25, 0.3) is 5.91 Å².